The third-order valence-electron chi connectivity index (χ3n) is 4.32. The highest BCUT2D eigenvalue weighted by molar-refractivity contribution is 6.31. The summed E-state index contributed by atoms with van der Waals surface area (Å²) in [6.45, 7) is 1.80. The first-order valence-electron chi connectivity index (χ1n) is 10.0. The molecule has 172 valence electrons. The van der Waals surface area contributed by atoms with Gasteiger partial charge < -0.3 is 30.6 Å². The van der Waals surface area contributed by atoms with Crippen LogP contribution in [0, 0.1) is 5.82 Å². The number of halogens is 2. The predicted molar refractivity (Wildman–Crippen MR) is 125 cm³/mol. The van der Waals surface area contributed by atoms with E-state index in [1.165, 1.54) is 25.5 Å². The van der Waals surface area contributed by atoms with Crippen LogP contribution in [0.4, 0.5) is 15.9 Å². The van der Waals surface area contributed by atoms with Gasteiger partial charge in [-0.15, -0.1) is 0 Å². The van der Waals surface area contributed by atoms with Gasteiger partial charge in [0.1, 0.15) is 30.9 Å². The molecule has 0 atom stereocenters. The molecular formula is C22H27ClFN5O3. The van der Waals surface area contributed by atoms with Crippen molar-refractivity contribution in [2.45, 2.75) is 12.8 Å². The van der Waals surface area contributed by atoms with Crippen molar-refractivity contribution in [2.75, 3.05) is 39.2 Å². The third kappa shape index (κ3) is 7.01. The van der Waals surface area contributed by atoms with Gasteiger partial charge in [-0.3, -0.25) is 0 Å². The van der Waals surface area contributed by atoms with Crippen molar-refractivity contribution in [1.82, 2.24) is 15.3 Å². The fourth-order valence-corrected chi connectivity index (χ4v) is 3.00. The van der Waals surface area contributed by atoms with E-state index in [-0.39, 0.29) is 5.02 Å². The van der Waals surface area contributed by atoms with Crippen molar-refractivity contribution in [3.8, 4) is 11.5 Å². The molecule has 0 aliphatic heterocycles. The van der Waals surface area contributed by atoms with E-state index in [2.05, 4.69) is 26.3 Å². The molecule has 1 heterocycles. The number of rotatable bonds is 11. The zero-order valence-corrected chi connectivity index (χ0v) is 18.8. The van der Waals surface area contributed by atoms with E-state index in [0.717, 1.165) is 19.3 Å². The normalized spacial score (nSPS) is 10.3. The molecule has 0 radical (unpaired) electrons. The molecule has 0 unspecified atom stereocenters. The molecule has 0 fully saturated rings. The zero-order valence-electron chi connectivity index (χ0n) is 18.0. The second-order valence-electron chi connectivity index (χ2n) is 6.40. The number of nitrogens with zero attached hydrogens (tertiary/aromatic N) is 2. The molecule has 4 N–H and O–H groups in total. The number of benzene rings is 2. The number of nitrogens with two attached hydrogens (primary N) is 1. The Morgan fingerprint density at radius 1 is 1.16 bits per heavy atom. The number of aromatic nitrogens is 2. The minimum absolute atomic E-state index is 0.0182. The van der Waals surface area contributed by atoms with Crippen molar-refractivity contribution < 1.29 is 18.7 Å². The van der Waals surface area contributed by atoms with E-state index < -0.39 is 5.82 Å². The molecule has 1 aromatic heterocycles. The summed E-state index contributed by atoms with van der Waals surface area (Å²) in [6, 6.07) is 7.92. The smallest absolute Gasteiger partial charge is 0.162 e. The quantitative estimate of drug-likeness (QED) is 0.291. The zero-order chi connectivity index (χ0) is 23.3. The van der Waals surface area contributed by atoms with E-state index in [9.17, 15) is 9.18 Å². The molecule has 0 saturated heterocycles. The van der Waals surface area contributed by atoms with Crippen LogP contribution >= 0.6 is 11.6 Å². The minimum atomic E-state index is -0.491. The summed E-state index contributed by atoms with van der Waals surface area (Å²) in [5, 5.41) is 7.08. The maximum Gasteiger partial charge on any atom is 0.162 e. The van der Waals surface area contributed by atoms with Crippen LogP contribution < -0.4 is 25.8 Å². The highest BCUT2D eigenvalue weighted by atomic mass is 35.5. The largest absolute Gasteiger partial charge is 0.493 e. The van der Waals surface area contributed by atoms with Gasteiger partial charge in [-0.2, -0.15) is 0 Å². The fourth-order valence-electron chi connectivity index (χ4n) is 2.82. The summed E-state index contributed by atoms with van der Waals surface area (Å²) in [5.74, 6) is 1.14. The van der Waals surface area contributed by atoms with Gasteiger partial charge in [0.05, 0.1) is 17.6 Å². The molecule has 3 rings (SSSR count). The summed E-state index contributed by atoms with van der Waals surface area (Å²) < 4.78 is 24.7. The lowest BCUT2D eigenvalue weighted by atomic mass is 10.2. The predicted octanol–water partition coefficient (Wildman–Crippen LogP) is 3.70. The van der Waals surface area contributed by atoms with Crippen LogP contribution in [0.1, 0.15) is 12.8 Å². The number of ether oxygens (including phenoxy) is 2. The molecule has 0 saturated carbocycles. The lowest BCUT2D eigenvalue weighted by Crippen LogP contribution is -2.22. The number of carbonyl (C=O) groups excluding carboxylic acids is 1. The minimum Gasteiger partial charge on any atom is -0.493 e. The maximum atomic E-state index is 13.4. The first-order chi connectivity index (χ1) is 15.6. The summed E-state index contributed by atoms with van der Waals surface area (Å²) in [4.78, 5) is 18.9. The standard InChI is InChI=1S/C21H22ClFN4O3.CH5N/c1-29-19-12-18-15(11-20(19)30-9-7-24-6-2-3-8-28)21(26-13-25-18)27-14-4-5-17(23)16(22)10-14;1-2/h4-5,8,10-13,24H,2-3,6-7,9H2,1H3,(H,25,26,27);2H2,1H3. The first kappa shape index (κ1) is 25.3. The highest BCUT2D eigenvalue weighted by Gasteiger charge is 2.12. The molecule has 0 bridgehead atoms. The second-order valence-corrected chi connectivity index (χ2v) is 6.81. The van der Waals surface area contributed by atoms with Crippen LogP contribution in [-0.4, -0.2) is 50.1 Å². The van der Waals surface area contributed by atoms with Crippen LogP contribution in [0.3, 0.4) is 0 Å². The van der Waals surface area contributed by atoms with Crippen molar-refractivity contribution in [3.05, 3.63) is 47.5 Å². The van der Waals surface area contributed by atoms with Crippen molar-refractivity contribution in [2.24, 2.45) is 5.73 Å². The van der Waals surface area contributed by atoms with E-state index in [1.54, 1.807) is 25.3 Å². The number of unbranched alkanes of at least 4 members (excludes halogenated alkanes) is 1. The number of fused-ring (bicyclic) bond motifs is 1. The maximum absolute atomic E-state index is 13.4. The number of hydrogen-bond acceptors (Lipinski definition) is 8. The summed E-state index contributed by atoms with van der Waals surface area (Å²) in [6.07, 6.45) is 3.68. The number of methoxy groups -OCH3 is 1. The number of anilines is 2. The first-order valence-corrected chi connectivity index (χ1v) is 10.4. The van der Waals surface area contributed by atoms with E-state index in [0.29, 0.717) is 53.5 Å². The van der Waals surface area contributed by atoms with Crippen LogP contribution in [-0.2, 0) is 4.79 Å². The van der Waals surface area contributed by atoms with E-state index >= 15 is 0 Å². The lowest BCUT2D eigenvalue weighted by Gasteiger charge is -2.14. The monoisotopic (exact) mass is 463 g/mol. The molecule has 0 spiro atoms. The fraction of sp³-hybridized carbons (Fsp3) is 0.318. The van der Waals surface area contributed by atoms with Crippen molar-refractivity contribution >= 4 is 40.3 Å². The average Bonchev–Trinajstić information content (AvgIpc) is 2.82. The van der Waals surface area contributed by atoms with Gasteiger partial charge in [0.2, 0.25) is 0 Å². The second kappa shape index (κ2) is 13.4. The average molecular weight is 464 g/mol. The van der Waals surface area contributed by atoms with Crippen LogP contribution in [0.2, 0.25) is 5.02 Å². The Bertz CT molecular complexity index is 1020. The van der Waals surface area contributed by atoms with Crippen LogP contribution in [0.5, 0.6) is 11.5 Å². The van der Waals surface area contributed by atoms with Gasteiger partial charge in [-0.1, -0.05) is 11.6 Å². The molecule has 2 aromatic carbocycles. The summed E-state index contributed by atoms with van der Waals surface area (Å²) in [5.41, 5.74) is 5.76. The highest BCUT2D eigenvalue weighted by Crippen LogP contribution is 2.35. The molecule has 0 aliphatic rings. The number of carbonyl (C=O) groups is 1. The number of hydrogen-bond donors (Lipinski definition) is 3. The third-order valence-corrected chi connectivity index (χ3v) is 4.60. The molecule has 8 nitrogen and oxygen atoms in total. The van der Waals surface area contributed by atoms with Gasteiger partial charge in [0.15, 0.2) is 11.5 Å². The Hall–Kier alpha value is -3.01. The van der Waals surface area contributed by atoms with Crippen LogP contribution in [0.25, 0.3) is 10.9 Å². The Kier molecular flexibility index (Phi) is 10.6. The SMILES string of the molecule is CN.COc1cc2ncnc(Nc3ccc(F)c(Cl)c3)c2cc1OCCNCCCC=O. The van der Waals surface area contributed by atoms with E-state index in [4.69, 9.17) is 21.1 Å². The van der Waals surface area contributed by atoms with Gasteiger partial charge in [-0.25, -0.2) is 14.4 Å². The summed E-state index contributed by atoms with van der Waals surface area (Å²) in [7, 11) is 3.06. The van der Waals surface area contributed by atoms with Crippen LogP contribution in [0.15, 0.2) is 36.7 Å². The van der Waals surface area contributed by atoms with E-state index in [1.807, 2.05) is 0 Å². The molecular weight excluding hydrogens is 437 g/mol. The molecule has 3 aromatic rings. The lowest BCUT2D eigenvalue weighted by molar-refractivity contribution is -0.107. The Labute approximate surface area is 191 Å². The Morgan fingerprint density at radius 2 is 1.97 bits per heavy atom. The molecule has 0 aliphatic carbocycles. The number of aldehydes is 1. The van der Waals surface area contributed by atoms with Gasteiger partial charge in [0.25, 0.3) is 0 Å². The topological polar surface area (TPSA) is 111 Å². The van der Waals surface area contributed by atoms with Crippen molar-refractivity contribution in [3.63, 3.8) is 0 Å². The molecule has 32 heavy (non-hydrogen) atoms. The Balaban J connectivity index is 0.00000176. The molecule has 10 heteroatoms. The Morgan fingerprint density at radius 3 is 2.69 bits per heavy atom. The van der Waals surface area contributed by atoms with Gasteiger partial charge in [-0.05, 0) is 44.3 Å². The number of nitrogens with one attached hydrogen (secondary N) is 2. The molecule has 0 amide bonds. The van der Waals surface area contributed by atoms with Gasteiger partial charge >= 0.3 is 0 Å². The summed E-state index contributed by atoms with van der Waals surface area (Å²) >= 11 is 5.87. The van der Waals surface area contributed by atoms with Crippen molar-refractivity contribution in [1.29, 1.82) is 0 Å². The van der Waals surface area contributed by atoms with Gasteiger partial charge in [0, 0.05) is 30.1 Å².